The number of hydrogen-bond donors (Lipinski definition) is 0. The summed E-state index contributed by atoms with van der Waals surface area (Å²) >= 11 is 0. The molecule has 0 heterocycles. The second-order valence-electron chi connectivity index (χ2n) is 23.8. The highest BCUT2D eigenvalue weighted by Crippen LogP contribution is 2.17. The summed E-state index contributed by atoms with van der Waals surface area (Å²) in [7, 11) is 0. The maximum absolute atomic E-state index is 13.0. The fraction of sp³-hybridized carbons (Fsp3) is 0.776. The van der Waals surface area contributed by atoms with Gasteiger partial charge in [-0.2, -0.15) is 0 Å². The SMILES string of the molecule is CC/C=C\C/C=C\C/C=C\C/C=C\C/C=C\CCCCCCCCCCCC(=O)OCC(COC(=O)CCCCCCCCC/C=C\CCCCCCCCC)OC(=O)CCCCCCCCCCC/C=C\CCCCCCCCCC. The van der Waals surface area contributed by atoms with Gasteiger partial charge in [0.1, 0.15) is 13.2 Å². The molecule has 0 spiro atoms. The predicted molar refractivity (Wildman–Crippen MR) is 358 cm³/mol. The van der Waals surface area contributed by atoms with E-state index in [9.17, 15) is 14.4 Å². The van der Waals surface area contributed by atoms with Crippen LogP contribution in [-0.2, 0) is 28.6 Å². The van der Waals surface area contributed by atoms with Crippen molar-refractivity contribution >= 4 is 17.9 Å². The normalized spacial score (nSPS) is 12.6. The monoisotopic (exact) mass is 1140 g/mol. The Balaban J connectivity index is 4.37. The van der Waals surface area contributed by atoms with E-state index in [2.05, 4.69) is 106 Å². The largest absolute Gasteiger partial charge is 0.462 e. The number of rotatable bonds is 65. The zero-order valence-electron chi connectivity index (χ0n) is 54.5. The maximum atomic E-state index is 13.0. The topological polar surface area (TPSA) is 78.9 Å². The Morgan fingerprint density at radius 2 is 0.476 bits per heavy atom. The van der Waals surface area contributed by atoms with Crippen LogP contribution in [0.15, 0.2) is 85.1 Å². The van der Waals surface area contributed by atoms with Gasteiger partial charge in [0.25, 0.3) is 0 Å². The van der Waals surface area contributed by atoms with Gasteiger partial charge in [0.15, 0.2) is 6.10 Å². The van der Waals surface area contributed by atoms with Gasteiger partial charge in [-0.25, -0.2) is 0 Å². The van der Waals surface area contributed by atoms with E-state index >= 15 is 0 Å². The van der Waals surface area contributed by atoms with E-state index in [0.717, 1.165) is 96.3 Å². The van der Waals surface area contributed by atoms with Crippen LogP contribution in [0.25, 0.3) is 0 Å². The van der Waals surface area contributed by atoms with Gasteiger partial charge in [-0.3, -0.25) is 14.4 Å². The average molecular weight is 1140 g/mol. The minimum Gasteiger partial charge on any atom is -0.462 e. The van der Waals surface area contributed by atoms with Crippen LogP contribution in [0, 0.1) is 0 Å². The highest BCUT2D eigenvalue weighted by atomic mass is 16.6. The molecule has 0 saturated heterocycles. The van der Waals surface area contributed by atoms with Gasteiger partial charge in [-0.1, -0.05) is 311 Å². The molecule has 0 rings (SSSR count). The highest BCUT2D eigenvalue weighted by Gasteiger charge is 2.19. The van der Waals surface area contributed by atoms with E-state index in [4.69, 9.17) is 14.2 Å². The molecular weight excluding hydrogens is 1010 g/mol. The summed E-state index contributed by atoms with van der Waals surface area (Å²) in [5.74, 6) is -0.872. The summed E-state index contributed by atoms with van der Waals surface area (Å²) in [6, 6.07) is 0. The Morgan fingerprint density at radius 3 is 0.756 bits per heavy atom. The van der Waals surface area contributed by atoms with E-state index < -0.39 is 6.10 Å². The molecule has 0 bridgehead atoms. The number of hydrogen-bond acceptors (Lipinski definition) is 6. The first kappa shape index (κ1) is 78.6. The third-order valence-electron chi connectivity index (χ3n) is 15.6. The maximum Gasteiger partial charge on any atom is 0.306 e. The Labute approximate surface area is 509 Å². The molecule has 0 aromatic rings. The number of esters is 3. The molecule has 0 aliphatic rings. The van der Waals surface area contributed by atoms with E-state index in [1.165, 1.54) is 225 Å². The van der Waals surface area contributed by atoms with E-state index in [1.807, 2.05) is 0 Å². The van der Waals surface area contributed by atoms with Crippen molar-refractivity contribution < 1.29 is 28.6 Å². The lowest BCUT2D eigenvalue weighted by Gasteiger charge is -2.18. The van der Waals surface area contributed by atoms with Gasteiger partial charge in [0.2, 0.25) is 0 Å². The van der Waals surface area contributed by atoms with Gasteiger partial charge >= 0.3 is 17.9 Å². The summed E-state index contributed by atoms with van der Waals surface area (Å²) in [6.07, 6.45) is 93.1. The summed E-state index contributed by atoms with van der Waals surface area (Å²) in [5.41, 5.74) is 0. The van der Waals surface area contributed by atoms with E-state index in [-0.39, 0.29) is 31.1 Å². The summed E-state index contributed by atoms with van der Waals surface area (Å²) < 4.78 is 17.0. The molecule has 0 aromatic carbocycles. The lowest BCUT2D eigenvalue weighted by molar-refractivity contribution is -0.167. The zero-order chi connectivity index (χ0) is 59.2. The minimum atomic E-state index is -0.784. The summed E-state index contributed by atoms with van der Waals surface area (Å²) in [6.45, 7) is 6.57. The van der Waals surface area contributed by atoms with E-state index in [0.29, 0.717) is 19.3 Å². The first-order chi connectivity index (χ1) is 40.5. The first-order valence-electron chi connectivity index (χ1n) is 35.6. The Kier molecular flexibility index (Phi) is 67.2. The lowest BCUT2D eigenvalue weighted by Crippen LogP contribution is -2.30. The van der Waals surface area contributed by atoms with Crippen molar-refractivity contribution in [3.63, 3.8) is 0 Å². The molecule has 0 fully saturated rings. The summed E-state index contributed by atoms with van der Waals surface area (Å²) in [4.78, 5) is 38.5. The van der Waals surface area contributed by atoms with Crippen molar-refractivity contribution in [1.82, 2.24) is 0 Å². The Bertz CT molecular complexity index is 1550. The number of carbonyl (C=O) groups is 3. The van der Waals surface area contributed by atoms with Crippen molar-refractivity contribution in [3.8, 4) is 0 Å². The van der Waals surface area contributed by atoms with Crippen LogP contribution in [0.5, 0.6) is 0 Å². The standard InChI is InChI=1S/C76H134O6/c1-4-7-10-13-16-19-22-25-28-31-34-36-37-38-39-41-42-45-48-51-54-57-60-63-66-69-75(78)81-72-73(71-80-74(77)68-65-62-59-56-53-50-47-44-33-30-27-24-21-18-15-12-9-6-3)82-76(79)70-67-64-61-58-55-52-49-46-43-40-35-32-29-26-23-20-17-14-11-8-5-2/h7,10,16,19,25,28,30,32-36,38-39,73H,4-6,8-9,11-15,17-18,20-24,26-27,29,31,37,40-72H2,1-3H3/b10-7-,19-16-,28-25-,33-30-,35-32-,36-34-,39-38-. The molecule has 0 saturated carbocycles. The minimum absolute atomic E-state index is 0.0790. The molecule has 474 valence electrons. The predicted octanol–water partition coefficient (Wildman–Crippen LogP) is 24.6. The molecule has 1 unspecified atom stereocenters. The smallest absolute Gasteiger partial charge is 0.306 e. The van der Waals surface area contributed by atoms with Crippen LogP contribution in [0.2, 0.25) is 0 Å². The molecule has 0 aromatic heterocycles. The van der Waals surface area contributed by atoms with Crippen molar-refractivity contribution in [3.05, 3.63) is 85.1 Å². The number of allylic oxidation sites excluding steroid dienone is 14. The first-order valence-corrected chi connectivity index (χ1v) is 35.6. The molecule has 0 aliphatic heterocycles. The number of unbranched alkanes of at least 4 members (excludes halogenated alkanes) is 40. The van der Waals surface area contributed by atoms with Gasteiger partial charge in [-0.05, 0) is 116 Å². The van der Waals surface area contributed by atoms with Crippen LogP contribution in [-0.4, -0.2) is 37.2 Å². The van der Waals surface area contributed by atoms with Gasteiger partial charge in [-0.15, -0.1) is 0 Å². The molecule has 0 aliphatic carbocycles. The van der Waals surface area contributed by atoms with E-state index in [1.54, 1.807) is 0 Å². The van der Waals surface area contributed by atoms with Crippen LogP contribution in [0.3, 0.4) is 0 Å². The molecule has 6 heteroatoms. The molecule has 0 amide bonds. The Hall–Kier alpha value is -3.41. The molecular formula is C76H134O6. The van der Waals surface area contributed by atoms with Crippen LogP contribution < -0.4 is 0 Å². The quantitative estimate of drug-likeness (QED) is 0.0261. The summed E-state index contributed by atoms with van der Waals surface area (Å²) in [5, 5.41) is 0. The second-order valence-corrected chi connectivity index (χ2v) is 23.8. The third-order valence-corrected chi connectivity index (χ3v) is 15.6. The number of carbonyl (C=O) groups excluding carboxylic acids is 3. The third kappa shape index (κ3) is 67.4. The van der Waals surface area contributed by atoms with Crippen molar-refractivity contribution in [2.24, 2.45) is 0 Å². The highest BCUT2D eigenvalue weighted by molar-refractivity contribution is 5.71. The molecule has 0 radical (unpaired) electrons. The fourth-order valence-electron chi connectivity index (χ4n) is 10.3. The van der Waals surface area contributed by atoms with Crippen molar-refractivity contribution in [1.29, 1.82) is 0 Å². The van der Waals surface area contributed by atoms with Crippen LogP contribution in [0.1, 0.15) is 361 Å². The molecule has 82 heavy (non-hydrogen) atoms. The van der Waals surface area contributed by atoms with Crippen LogP contribution in [0.4, 0.5) is 0 Å². The van der Waals surface area contributed by atoms with Crippen LogP contribution >= 0.6 is 0 Å². The van der Waals surface area contributed by atoms with Crippen molar-refractivity contribution in [2.75, 3.05) is 13.2 Å². The Morgan fingerprint density at radius 1 is 0.256 bits per heavy atom. The number of ether oxygens (including phenoxy) is 3. The molecule has 1 atom stereocenters. The fourth-order valence-corrected chi connectivity index (χ4v) is 10.3. The zero-order valence-corrected chi connectivity index (χ0v) is 54.5. The molecule has 0 N–H and O–H groups in total. The van der Waals surface area contributed by atoms with Gasteiger partial charge in [0.05, 0.1) is 0 Å². The van der Waals surface area contributed by atoms with Gasteiger partial charge < -0.3 is 14.2 Å². The van der Waals surface area contributed by atoms with Crippen molar-refractivity contribution in [2.45, 2.75) is 367 Å². The molecule has 6 nitrogen and oxygen atoms in total. The second kappa shape index (κ2) is 70.1. The van der Waals surface area contributed by atoms with Gasteiger partial charge in [0, 0.05) is 19.3 Å². The lowest BCUT2D eigenvalue weighted by atomic mass is 10.1. The average Bonchev–Trinajstić information content (AvgIpc) is 3.47.